The summed E-state index contributed by atoms with van der Waals surface area (Å²) >= 11 is 0. The molecule has 6 aromatic carbocycles. The van der Waals surface area contributed by atoms with Gasteiger partial charge in [-0.1, -0.05) is 127 Å². The second-order valence-corrected chi connectivity index (χ2v) is 10.9. The molecule has 212 valence electrons. The van der Waals surface area contributed by atoms with Crippen LogP contribution in [0.25, 0.3) is 72.7 Å². The maximum Gasteiger partial charge on any atom is 0.263 e. The third-order valence-corrected chi connectivity index (χ3v) is 8.07. The van der Waals surface area contributed by atoms with Crippen LogP contribution in [0, 0.1) is 0 Å². The quantitative estimate of drug-likeness (QED) is 0.191. The van der Waals surface area contributed by atoms with E-state index >= 15 is 0 Å². The van der Waals surface area contributed by atoms with E-state index in [1.807, 2.05) is 127 Å². The number of hydrogen-bond donors (Lipinski definition) is 0. The van der Waals surface area contributed by atoms with Gasteiger partial charge in [0.2, 0.25) is 0 Å². The Bertz CT molecular complexity index is 2320. The first-order chi connectivity index (χ1) is 22.2. The molecule has 2 aromatic heterocycles. The number of nitrogens with zero attached hydrogens (tertiary/aromatic N) is 4. The largest absolute Gasteiger partial charge is 0.276 e. The summed E-state index contributed by atoms with van der Waals surface area (Å²) < 4.78 is 1.80. The van der Waals surface area contributed by atoms with Crippen molar-refractivity contribution in [1.29, 1.82) is 0 Å². The minimum Gasteiger partial charge on any atom is -0.276 e. The zero-order chi connectivity index (χ0) is 30.2. The average molecular weight is 579 g/mol. The smallest absolute Gasteiger partial charge is 0.263 e. The maximum absolute atomic E-state index is 13.7. The van der Waals surface area contributed by atoms with Crippen LogP contribution in [0.3, 0.4) is 0 Å². The fourth-order valence-corrected chi connectivity index (χ4v) is 5.87. The Morgan fingerprint density at radius 2 is 0.867 bits per heavy atom. The highest BCUT2D eigenvalue weighted by atomic mass is 16.1. The Hall–Kier alpha value is -6.20. The van der Waals surface area contributed by atoms with Crippen molar-refractivity contribution in [3.05, 3.63) is 168 Å². The summed E-state index contributed by atoms with van der Waals surface area (Å²) in [6, 6.07) is 52.2. The van der Waals surface area contributed by atoms with Crippen molar-refractivity contribution >= 4 is 21.7 Å². The molecule has 0 aliphatic carbocycles. The van der Waals surface area contributed by atoms with Crippen molar-refractivity contribution in [2.75, 3.05) is 0 Å². The lowest BCUT2D eigenvalue weighted by Crippen LogP contribution is -2.19. The molecular formula is C40H26N4O. The van der Waals surface area contributed by atoms with Gasteiger partial charge < -0.3 is 0 Å². The number of pyridine rings is 1. The van der Waals surface area contributed by atoms with Crippen LogP contribution in [0.2, 0.25) is 0 Å². The molecule has 0 unspecified atom stereocenters. The fourth-order valence-electron chi connectivity index (χ4n) is 5.87. The summed E-state index contributed by atoms with van der Waals surface area (Å²) in [4.78, 5) is 28.3. The van der Waals surface area contributed by atoms with E-state index in [0.717, 1.165) is 49.8 Å². The van der Waals surface area contributed by atoms with E-state index in [9.17, 15) is 4.79 Å². The predicted octanol–water partition coefficient (Wildman–Crippen LogP) is 9.00. The topological polar surface area (TPSA) is 60.7 Å². The van der Waals surface area contributed by atoms with Crippen molar-refractivity contribution in [2.45, 2.75) is 0 Å². The van der Waals surface area contributed by atoms with Gasteiger partial charge in [-0.3, -0.25) is 9.36 Å². The first kappa shape index (κ1) is 26.4. The molecule has 45 heavy (non-hydrogen) atoms. The van der Waals surface area contributed by atoms with Crippen LogP contribution in [0.1, 0.15) is 0 Å². The SMILES string of the molecule is O=c1c2ccccc2c2ccccc2n1-c1ccc(-c2cccc(-c3nc(-c4ccccc4)nc(-c4ccccc4)n3)c2)cc1. The van der Waals surface area contributed by atoms with Crippen molar-refractivity contribution in [3.8, 4) is 51.0 Å². The number of benzene rings is 6. The van der Waals surface area contributed by atoms with Crippen LogP contribution in [0.15, 0.2) is 163 Å². The summed E-state index contributed by atoms with van der Waals surface area (Å²) in [6.45, 7) is 0. The molecule has 0 saturated carbocycles. The molecule has 0 fully saturated rings. The van der Waals surface area contributed by atoms with Crippen molar-refractivity contribution in [2.24, 2.45) is 0 Å². The molecule has 0 spiro atoms. The van der Waals surface area contributed by atoms with Crippen LogP contribution >= 0.6 is 0 Å². The van der Waals surface area contributed by atoms with Gasteiger partial charge in [-0.15, -0.1) is 0 Å². The lowest BCUT2D eigenvalue weighted by Gasteiger charge is -2.14. The van der Waals surface area contributed by atoms with E-state index in [-0.39, 0.29) is 5.56 Å². The van der Waals surface area contributed by atoms with Crippen LogP contribution in [0.4, 0.5) is 0 Å². The van der Waals surface area contributed by atoms with Gasteiger partial charge in [0.25, 0.3) is 5.56 Å². The van der Waals surface area contributed by atoms with E-state index < -0.39 is 0 Å². The fraction of sp³-hybridized carbons (Fsp3) is 0. The van der Waals surface area contributed by atoms with Gasteiger partial charge in [0.05, 0.1) is 5.52 Å². The molecule has 8 aromatic rings. The average Bonchev–Trinajstić information content (AvgIpc) is 3.13. The molecule has 0 aliphatic rings. The standard InChI is InChI=1S/C40H26N4O/c45-40-35-20-8-7-18-33(35)34-19-9-10-21-36(34)44(40)32-24-22-27(23-25-32)30-16-11-17-31(26-30)39-42-37(28-12-3-1-4-13-28)41-38(43-39)29-14-5-2-6-15-29/h1-26H. The molecule has 0 bridgehead atoms. The molecule has 8 rings (SSSR count). The molecule has 0 aliphatic heterocycles. The van der Waals surface area contributed by atoms with Gasteiger partial charge in [0.1, 0.15) is 0 Å². The third-order valence-electron chi connectivity index (χ3n) is 8.07. The van der Waals surface area contributed by atoms with Gasteiger partial charge in [-0.25, -0.2) is 15.0 Å². The lowest BCUT2D eigenvalue weighted by molar-refractivity contribution is 1.06. The second kappa shape index (κ2) is 11.1. The number of rotatable bonds is 5. The van der Waals surface area contributed by atoms with Gasteiger partial charge in [-0.2, -0.15) is 0 Å². The van der Waals surface area contributed by atoms with Gasteiger partial charge in [0, 0.05) is 33.2 Å². The summed E-state index contributed by atoms with van der Waals surface area (Å²) in [5.74, 6) is 1.86. The first-order valence-electron chi connectivity index (χ1n) is 14.8. The molecule has 2 heterocycles. The minimum absolute atomic E-state index is 0.0303. The van der Waals surface area contributed by atoms with Crippen LogP contribution < -0.4 is 5.56 Å². The Morgan fingerprint density at radius 3 is 1.51 bits per heavy atom. The van der Waals surface area contributed by atoms with Crippen LogP contribution in [0.5, 0.6) is 0 Å². The van der Waals surface area contributed by atoms with Crippen LogP contribution in [-0.4, -0.2) is 19.5 Å². The van der Waals surface area contributed by atoms with Crippen LogP contribution in [-0.2, 0) is 0 Å². The molecule has 5 heteroatoms. The number of fused-ring (bicyclic) bond motifs is 3. The molecule has 0 atom stereocenters. The van der Waals surface area contributed by atoms with Crippen molar-refractivity contribution in [1.82, 2.24) is 19.5 Å². The van der Waals surface area contributed by atoms with E-state index in [0.29, 0.717) is 22.9 Å². The lowest BCUT2D eigenvalue weighted by atomic mass is 10.0. The minimum atomic E-state index is -0.0303. The highest BCUT2D eigenvalue weighted by Crippen LogP contribution is 2.30. The molecule has 5 nitrogen and oxygen atoms in total. The van der Waals surface area contributed by atoms with Gasteiger partial charge in [0.15, 0.2) is 17.5 Å². The highest BCUT2D eigenvalue weighted by molar-refractivity contribution is 6.06. The molecule has 0 saturated heterocycles. The van der Waals surface area contributed by atoms with Gasteiger partial charge in [-0.05, 0) is 46.8 Å². The Balaban J connectivity index is 1.21. The highest BCUT2D eigenvalue weighted by Gasteiger charge is 2.14. The van der Waals surface area contributed by atoms with E-state index in [1.165, 1.54) is 0 Å². The summed E-state index contributed by atoms with van der Waals surface area (Å²) in [7, 11) is 0. The Kier molecular flexibility index (Phi) is 6.54. The molecule has 0 N–H and O–H groups in total. The summed E-state index contributed by atoms with van der Waals surface area (Å²) in [5.41, 5.74) is 6.48. The number of hydrogen-bond acceptors (Lipinski definition) is 4. The summed E-state index contributed by atoms with van der Waals surface area (Å²) in [5, 5.41) is 2.72. The second-order valence-electron chi connectivity index (χ2n) is 10.9. The number of para-hydroxylation sites is 1. The zero-order valence-electron chi connectivity index (χ0n) is 24.2. The van der Waals surface area contributed by atoms with E-state index in [1.54, 1.807) is 4.57 Å². The predicted molar refractivity (Wildman–Crippen MR) is 182 cm³/mol. The summed E-state index contributed by atoms with van der Waals surface area (Å²) in [6.07, 6.45) is 0. The van der Waals surface area contributed by atoms with E-state index in [4.69, 9.17) is 15.0 Å². The van der Waals surface area contributed by atoms with Gasteiger partial charge >= 0.3 is 0 Å². The zero-order valence-corrected chi connectivity index (χ0v) is 24.2. The monoisotopic (exact) mass is 578 g/mol. The molecule has 0 amide bonds. The van der Waals surface area contributed by atoms with Crippen molar-refractivity contribution < 1.29 is 0 Å². The Labute approximate surface area is 259 Å². The normalized spacial score (nSPS) is 11.2. The van der Waals surface area contributed by atoms with E-state index in [2.05, 4.69) is 30.3 Å². The molecular weight excluding hydrogens is 552 g/mol. The van der Waals surface area contributed by atoms with Crippen molar-refractivity contribution in [3.63, 3.8) is 0 Å². The first-order valence-corrected chi connectivity index (χ1v) is 14.8. The maximum atomic E-state index is 13.7. The third kappa shape index (κ3) is 4.86. The molecule has 0 radical (unpaired) electrons. The Morgan fingerprint density at radius 1 is 0.378 bits per heavy atom. The number of aromatic nitrogens is 4.